The smallest absolute Gasteiger partial charge is 0.244 e. The second-order valence-electron chi connectivity index (χ2n) is 9.49. The maximum Gasteiger partial charge on any atom is 0.244 e. The SMILES string of the molecule is COc1cccc(CN(C(=O)CN(c2ccc(I)cc2)S(C)(=O)=O)C(Cc2ccccc2)C(=O)NC(C)C)c1. The topological polar surface area (TPSA) is 96.0 Å². The monoisotopic (exact) mass is 663 g/mol. The molecule has 0 radical (unpaired) electrons. The Hall–Kier alpha value is -3.12. The van der Waals surface area contributed by atoms with Crippen LogP contribution in [0, 0.1) is 3.57 Å². The van der Waals surface area contributed by atoms with Crippen molar-refractivity contribution in [3.8, 4) is 5.75 Å². The van der Waals surface area contributed by atoms with E-state index in [-0.39, 0.29) is 24.9 Å². The first kappa shape index (κ1) is 30.4. The van der Waals surface area contributed by atoms with E-state index in [2.05, 4.69) is 27.9 Å². The van der Waals surface area contributed by atoms with Crippen molar-refractivity contribution in [3.63, 3.8) is 0 Å². The van der Waals surface area contributed by atoms with Crippen LogP contribution in [0.3, 0.4) is 0 Å². The van der Waals surface area contributed by atoms with E-state index in [1.807, 2.05) is 56.3 Å². The fraction of sp³-hybridized carbons (Fsp3) is 0.310. The molecule has 0 aliphatic carbocycles. The molecule has 1 N–H and O–H groups in total. The van der Waals surface area contributed by atoms with Gasteiger partial charge >= 0.3 is 0 Å². The number of nitrogens with zero attached hydrogens (tertiary/aromatic N) is 2. The van der Waals surface area contributed by atoms with Crippen molar-refractivity contribution in [1.82, 2.24) is 10.2 Å². The van der Waals surface area contributed by atoms with E-state index in [1.54, 1.807) is 43.5 Å². The lowest BCUT2D eigenvalue weighted by atomic mass is 10.0. The zero-order chi connectivity index (χ0) is 28.6. The van der Waals surface area contributed by atoms with Gasteiger partial charge in [0.25, 0.3) is 0 Å². The number of hydrogen-bond donors (Lipinski definition) is 1. The van der Waals surface area contributed by atoms with Crippen molar-refractivity contribution in [1.29, 1.82) is 0 Å². The predicted molar refractivity (Wildman–Crippen MR) is 162 cm³/mol. The maximum absolute atomic E-state index is 14.0. The van der Waals surface area contributed by atoms with Crippen LogP contribution in [0.2, 0.25) is 0 Å². The molecule has 39 heavy (non-hydrogen) atoms. The number of methoxy groups -OCH3 is 1. The summed E-state index contributed by atoms with van der Waals surface area (Å²) in [4.78, 5) is 29.0. The number of carbonyl (C=O) groups excluding carboxylic acids is 2. The van der Waals surface area contributed by atoms with E-state index in [1.165, 1.54) is 4.90 Å². The second kappa shape index (κ2) is 13.8. The first-order valence-corrected chi connectivity index (χ1v) is 15.4. The molecule has 3 aromatic carbocycles. The molecular formula is C29H34IN3O5S. The zero-order valence-electron chi connectivity index (χ0n) is 22.5. The van der Waals surface area contributed by atoms with Gasteiger partial charge in [-0.25, -0.2) is 8.42 Å². The van der Waals surface area contributed by atoms with Gasteiger partial charge in [-0.2, -0.15) is 0 Å². The van der Waals surface area contributed by atoms with Crippen molar-refractivity contribution < 1.29 is 22.7 Å². The Labute approximate surface area is 244 Å². The molecule has 0 aromatic heterocycles. The van der Waals surface area contributed by atoms with Crippen LogP contribution in [-0.2, 0) is 32.6 Å². The second-order valence-corrected chi connectivity index (χ2v) is 12.6. The number of anilines is 1. The molecule has 0 saturated carbocycles. The number of hydrogen-bond acceptors (Lipinski definition) is 5. The summed E-state index contributed by atoms with van der Waals surface area (Å²) >= 11 is 2.13. The number of benzene rings is 3. The first-order chi connectivity index (χ1) is 18.5. The molecule has 10 heteroatoms. The normalized spacial score (nSPS) is 12.1. The number of rotatable bonds is 12. The Balaban J connectivity index is 2.06. The molecule has 0 spiro atoms. The molecule has 0 bridgehead atoms. The van der Waals surface area contributed by atoms with Crippen LogP contribution >= 0.6 is 22.6 Å². The van der Waals surface area contributed by atoms with Gasteiger partial charge in [-0.05, 0) is 84.0 Å². The predicted octanol–water partition coefficient (Wildman–Crippen LogP) is 4.23. The van der Waals surface area contributed by atoms with E-state index in [4.69, 9.17) is 4.74 Å². The summed E-state index contributed by atoms with van der Waals surface area (Å²) in [5.41, 5.74) is 2.00. The van der Waals surface area contributed by atoms with E-state index >= 15 is 0 Å². The average Bonchev–Trinajstić information content (AvgIpc) is 2.89. The van der Waals surface area contributed by atoms with Crippen LogP contribution < -0.4 is 14.4 Å². The molecule has 1 unspecified atom stereocenters. The lowest BCUT2D eigenvalue weighted by molar-refractivity contribution is -0.140. The zero-order valence-corrected chi connectivity index (χ0v) is 25.5. The highest BCUT2D eigenvalue weighted by atomic mass is 127. The first-order valence-electron chi connectivity index (χ1n) is 12.5. The molecule has 3 aromatic rings. The third kappa shape index (κ3) is 8.96. The molecule has 0 saturated heterocycles. The minimum absolute atomic E-state index is 0.0866. The lowest BCUT2D eigenvalue weighted by Gasteiger charge is -2.34. The molecule has 1 atom stereocenters. The summed E-state index contributed by atoms with van der Waals surface area (Å²) in [7, 11) is -2.25. The van der Waals surface area contributed by atoms with Gasteiger partial charge in [-0.1, -0.05) is 42.5 Å². The molecule has 0 aliphatic rings. The maximum atomic E-state index is 14.0. The highest BCUT2D eigenvalue weighted by molar-refractivity contribution is 14.1. The number of amides is 2. The van der Waals surface area contributed by atoms with Gasteiger partial charge in [0.05, 0.1) is 19.1 Å². The Kier molecular flexibility index (Phi) is 10.8. The van der Waals surface area contributed by atoms with Gasteiger partial charge in [-0.3, -0.25) is 13.9 Å². The van der Waals surface area contributed by atoms with Crippen molar-refractivity contribution in [2.24, 2.45) is 0 Å². The number of ether oxygens (including phenoxy) is 1. The third-order valence-corrected chi connectivity index (χ3v) is 7.84. The number of halogens is 1. The summed E-state index contributed by atoms with van der Waals surface area (Å²) in [6.45, 7) is 3.34. The number of sulfonamides is 1. The van der Waals surface area contributed by atoms with Crippen LogP contribution in [0.1, 0.15) is 25.0 Å². The van der Waals surface area contributed by atoms with Crippen molar-refractivity contribution >= 4 is 50.1 Å². The molecule has 0 aliphatic heterocycles. The van der Waals surface area contributed by atoms with Gasteiger partial charge in [0.1, 0.15) is 18.3 Å². The van der Waals surface area contributed by atoms with Crippen LogP contribution in [0.15, 0.2) is 78.9 Å². The Morgan fingerprint density at radius 2 is 1.59 bits per heavy atom. The minimum atomic E-state index is -3.80. The molecule has 3 rings (SSSR count). The number of carbonyl (C=O) groups is 2. The van der Waals surface area contributed by atoms with Crippen LogP contribution in [-0.4, -0.2) is 57.1 Å². The number of nitrogens with one attached hydrogen (secondary N) is 1. The Bertz CT molecular complexity index is 1370. The standard InChI is InChI=1S/C29H34IN3O5S/c1-21(2)31-29(35)27(18-22-9-6-5-7-10-22)32(19-23-11-8-12-26(17-23)38-3)28(34)20-33(39(4,36)37)25-15-13-24(30)14-16-25/h5-17,21,27H,18-20H2,1-4H3,(H,31,35). The highest BCUT2D eigenvalue weighted by Crippen LogP contribution is 2.22. The lowest BCUT2D eigenvalue weighted by Crippen LogP contribution is -2.54. The summed E-state index contributed by atoms with van der Waals surface area (Å²) in [6, 6.07) is 22.5. The minimum Gasteiger partial charge on any atom is -0.497 e. The van der Waals surface area contributed by atoms with Crippen molar-refractivity contribution in [3.05, 3.63) is 93.6 Å². The largest absolute Gasteiger partial charge is 0.497 e. The van der Waals surface area contributed by atoms with E-state index in [9.17, 15) is 18.0 Å². The Morgan fingerprint density at radius 1 is 0.949 bits per heavy atom. The van der Waals surface area contributed by atoms with Gasteiger partial charge in [0.2, 0.25) is 21.8 Å². The van der Waals surface area contributed by atoms with Gasteiger partial charge in [0, 0.05) is 22.6 Å². The van der Waals surface area contributed by atoms with Crippen LogP contribution in [0.5, 0.6) is 5.75 Å². The summed E-state index contributed by atoms with van der Waals surface area (Å²) in [5.74, 6) is -0.199. The van der Waals surface area contributed by atoms with Gasteiger partial charge in [0.15, 0.2) is 0 Å². The highest BCUT2D eigenvalue weighted by Gasteiger charge is 2.33. The summed E-state index contributed by atoms with van der Waals surface area (Å²) < 4.78 is 33.0. The van der Waals surface area contributed by atoms with E-state index in [0.717, 1.165) is 25.3 Å². The van der Waals surface area contributed by atoms with Gasteiger partial charge < -0.3 is 15.0 Å². The van der Waals surface area contributed by atoms with Crippen molar-refractivity contribution in [2.75, 3.05) is 24.2 Å². The Morgan fingerprint density at radius 3 is 2.18 bits per heavy atom. The van der Waals surface area contributed by atoms with Crippen LogP contribution in [0.4, 0.5) is 5.69 Å². The summed E-state index contributed by atoms with van der Waals surface area (Å²) in [6.07, 6.45) is 1.33. The molecule has 2 amide bonds. The molecule has 0 fully saturated rings. The summed E-state index contributed by atoms with van der Waals surface area (Å²) in [5, 5.41) is 2.94. The van der Waals surface area contributed by atoms with Crippen molar-refractivity contribution in [2.45, 2.75) is 38.9 Å². The molecule has 0 heterocycles. The van der Waals surface area contributed by atoms with Crippen LogP contribution in [0.25, 0.3) is 0 Å². The third-order valence-electron chi connectivity index (χ3n) is 5.98. The van der Waals surface area contributed by atoms with Gasteiger partial charge in [-0.15, -0.1) is 0 Å². The molecule has 8 nitrogen and oxygen atoms in total. The fourth-order valence-electron chi connectivity index (χ4n) is 4.12. The quantitative estimate of drug-likeness (QED) is 0.293. The molecule has 208 valence electrons. The van der Waals surface area contributed by atoms with E-state index in [0.29, 0.717) is 11.4 Å². The average molecular weight is 664 g/mol. The fourth-order valence-corrected chi connectivity index (χ4v) is 5.33. The molecular weight excluding hydrogens is 629 g/mol. The van der Waals surface area contributed by atoms with E-state index < -0.39 is 28.5 Å².